The Morgan fingerprint density at radius 1 is 1.04 bits per heavy atom. The zero-order valence-electron chi connectivity index (χ0n) is 14.1. The third-order valence-corrected chi connectivity index (χ3v) is 5.39. The van der Waals surface area contributed by atoms with Crippen LogP contribution in [0, 0.1) is 0 Å². The van der Waals surface area contributed by atoms with Gasteiger partial charge in [-0.25, -0.2) is 0 Å². The van der Waals surface area contributed by atoms with Crippen LogP contribution in [-0.4, -0.2) is 38.1 Å². The minimum Gasteiger partial charge on any atom is -0.359 e. The van der Waals surface area contributed by atoms with E-state index in [1.807, 2.05) is 49.4 Å². The van der Waals surface area contributed by atoms with Crippen molar-refractivity contribution in [2.45, 2.75) is 13.0 Å². The topological polar surface area (TPSA) is 36.8 Å². The second-order valence-electron chi connectivity index (χ2n) is 6.29. The Balaban J connectivity index is 1.58. The Labute approximate surface area is 158 Å². The van der Waals surface area contributed by atoms with Crippen LogP contribution >= 0.6 is 23.2 Å². The van der Waals surface area contributed by atoms with Crippen molar-refractivity contribution in [3.05, 3.63) is 58.6 Å². The van der Waals surface area contributed by atoms with Gasteiger partial charge in [0.25, 0.3) is 5.91 Å². The Hall–Kier alpha value is -1.75. The number of quaternary nitrogens is 1. The molecular weight excluding hydrogens is 357 g/mol. The Kier molecular flexibility index (Phi) is 5.84. The lowest BCUT2D eigenvalue weighted by Gasteiger charge is -2.36. The summed E-state index contributed by atoms with van der Waals surface area (Å²) in [4.78, 5) is 16.1. The van der Waals surface area contributed by atoms with Crippen LogP contribution in [0.2, 0.25) is 10.0 Å². The molecule has 132 valence electrons. The molecule has 2 aromatic rings. The van der Waals surface area contributed by atoms with Gasteiger partial charge in [-0.15, -0.1) is 0 Å². The van der Waals surface area contributed by atoms with Gasteiger partial charge in [-0.2, -0.15) is 0 Å². The normalized spacial score (nSPS) is 16.5. The third kappa shape index (κ3) is 4.27. The van der Waals surface area contributed by atoms with Gasteiger partial charge in [0.15, 0.2) is 6.04 Å². The maximum absolute atomic E-state index is 12.5. The Bertz CT molecular complexity index is 745. The zero-order chi connectivity index (χ0) is 17.8. The molecule has 0 aliphatic carbocycles. The molecule has 1 atom stereocenters. The molecule has 2 N–H and O–H groups in total. The second-order valence-corrected chi connectivity index (χ2v) is 7.10. The summed E-state index contributed by atoms with van der Waals surface area (Å²) in [6.45, 7) is 5.50. The summed E-state index contributed by atoms with van der Waals surface area (Å²) in [5.41, 5.74) is 1.73. The van der Waals surface area contributed by atoms with E-state index in [2.05, 4.69) is 10.2 Å². The van der Waals surface area contributed by atoms with Gasteiger partial charge in [0.1, 0.15) is 0 Å². The van der Waals surface area contributed by atoms with Crippen LogP contribution in [0.25, 0.3) is 0 Å². The molecule has 2 aromatic carbocycles. The molecule has 1 aliphatic rings. The van der Waals surface area contributed by atoms with Gasteiger partial charge in [0.2, 0.25) is 0 Å². The number of hydrogen-bond donors (Lipinski definition) is 2. The fourth-order valence-corrected chi connectivity index (χ4v) is 3.60. The number of nitrogens with one attached hydrogen (secondary N) is 2. The van der Waals surface area contributed by atoms with Gasteiger partial charge in [-0.3, -0.25) is 4.79 Å². The molecule has 6 heteroatoms. The molecule has 0 saturated carbocycles. The number of para-hydroxylation sites is 2. The van der Waals surface area contributed by atoms with E-state index in [0.717, 1.165) is 36.9 Å². The number of carbonyl (C=O) groups excluding carboxylic acids is 1. The van der Waals surface area contributed by atoms with Crippen molar-refractivity contribution in [2.75, 3.05) is 36.4 Å². The highest BCUT2D eigenvalue weighted by Gasteiger charge is 2.29. The predicted octanol–water partition coefficient (Wildman–Crippen LogP) is 2.73. The largest absolute Gasteiger partial charge is 0.359 e. The average molecular weight is 379 g/mol. The molecule has 0 aromatic heterocycles. The SMILES string of the molecule is C[C@@H](C(=O)Nc1ccccc1Cl)[NH+]1CCN(c2ccccc2Cl)CC1. The highest BCUT2D eigenvalue weighted by atomic mass is 35.5. The molecule has 0 radical (unpaired) electrons. The second kappa shape index (κ2) is 8.09. The van der Waals surface area contributed by atoms with Crippen molar-refractivity contribution >= 4 is 40.5 Å². The van der Waals surface area contributed by atoms with Crippen molar-refractivity contribution in [1.82, 2.24) is 0 Å². The number of anilines is 2. The van der Waals surface area contributed by atoms with Crippen molar-refractivity contribution in [2.24, 2.45) is 0 Å². The summed E-state index contributed by atoms with van der Waals surface area (Å²) < 4.78 is 0. The molecule has 4 nitrogen and oxygen atoms in total. The summed E-state index contributed by atoms with van der Waals surface area (Å²) >= 11 is 12.4. The lowest BCUT2D eigenvalue weighted by Crippen LogP contribution is -3.19. The fourth-order valence-electron chi connectivity index (χ4n) is 3.16. The first-order valence-electron chi connectivity index (χ1n) is 8.45. The van der Waals surface area contributed by atoms with Crippen molar-refractivity contribution in [1.29, 1.82) is 0 Å². The monoisotopic (exact) mass is 378 g/mol. The van der Waals surface area contributed by atoms with Gasteiger partial charge in [-0.1, -0.05) is 47.5 Å². The molecule has 1 amide bonds. The van der Waals surface area contributed by atoms with E-state index in [4.69, 9.17) is 23.2 Å². The zero-order valence-corrected chi connectivity index (χ0v) is 15.6. The lowest BCUT2D eigenvalue weighted by molar-refractivity contribution is -0.914. The van der Waals surface area contributed by atoms with E-state index in [1.165, 1.54) is 4.90 Å². The number of rotatable bonds is 4. The van der Waals surface area contributed by atoms with E-state index in [1.54, 1.807) is 6.07 Å². The van der Waals surface area contributed by atoms with E-state index in [0.29, 0.717) is 10.7 Å². The van der Waals surface area contributed by atoms with E-state index in [9.17, 15) is 4.79 Å². The summed E-state index contributed by atoms with van der Waals surface area (Å²) in [5, 5.41) is 4.26. The molecule has 1 aliphatic heterocycles. The molecule has 1 saturated heterocycles. The first-order chi connectivity index (χ1) is 12.1. The number of hydrogen-bond acceptors (Lipinski definition) is 2. The maximum Gasteiger partial charge on any atom is 0.282 e. The van der Waals surface area contributed by atoms with Crippen LogP contribution in [0.1, 0.15) is 6.92 Å². The van der Waals surface area contributed by atoms with Gasteiger partial charge in [0, 0.05) is 0 Å². The van der Waals surface area contributed by atoms with Gasteiger partial charge in [0.05, 0.1) is 47.6 Å². The number of carbonyl (C=O) groups is 1. The maximum atomic E-state index is 12.5. The first-order valence-corrected chi connectivity index (χ1v) is 9.21. The molecule has 1 heterocycles. The molecule has 0 spiro atoms. The van der Waals surface area contributed by atoms with Crippen LogP contribution in [0.15, 0.2) is 48.5 Å². The number of piperazine rings is 1. The smallest absolute Gasteiger partial charge is 0.282 e. The first kappa shape index (κ1) is 18.1. The minimum absolute atomic E-state index is 0.00528. The van der Waals surface area contributed by atoms with Crippen molar-refractivity contribution < 1.29 is 9.69 Å². The molecule has 0 bridgehead atoms. The highest BCUT2D eigenvalue weighted by Crippen LogP contribution is 2.25. The molecule has 3 rings (SSSR count). The Morgan fingerprint density at radius 2 is 1.64 bits per heavy atom. The molecule has 1 fully saturated rings. The molecule has 0 unspecified atom stereocenters. The van der Waals surface area contributed by atoms with Crippen LogP contribution < -0.4 is 15.1 Å². The van der Waals surface area contributed by atoms with Crippen LogP contribution in [0.4, 0.5) is 11.4 Å². The van der Waals surface area contributed by atoms with Crippen LogP contribution in [0.3, 0.4) is 0 Å². The summed E-state index contributed by atoms with van der Waals surface area (Å²) in [6.07, 6.45) is 0. The number of nitrogens with zero attached hydrogens (tertiary/aromatic N) is 1. The van der Waals surface area contributed by atoms with Gasteiger partial charge in [-0.05, 0) is 31.2 Å². The summed E-state index contributed by atoms with van der Waals surface area (Å²) in [6, 6.07) is 15.1. The van der Waals surface area contributed by atoms with E-state index >= 15 is 0 Å². The standard InChI is InChI=1S/C19H21Cl2N3O/c1-14(19(25)22-17-8-4-2-6-15(17)20)23-10-12-24(13-11-23)18-9-5-3-7-16(18)21/h2-9,14H,10-13H2,1H3,(H,22,25)/p+1/t14-/m0/s1. The number of halogens is 2. The fraction of sp³-hybridized carbons (Fsp3) is 0.316. The quantitative estimate of drug-likeness (QED) is 0.857. The van der Waals surface area contributed by atoms with E-state index in [-0.39, 0.29) is 11.9 Å². The van der Waals surface area contributed by atoms with Crippen molar-refractivity contribution in [3.8, 4) is 0 Å². The summed E-state index contributed by atoms with van der Waals surface area (Å²) in [7, 11) is 0. The van der Waals surface area contributed by atoms with Crippen molar-refractivity contribution in [3.63, 3.8) is 0 Å². The summed E-state index contributed by atoms with van der Waals surface area (Å²) in [5.74, 6) is -0.00528. The predicted molar refractivity (Wildman–Crippen MR) is 104 cm³/mol. The van der Waals surface area contributed by atoms with Gasteiger partial charge >= 0.3 is 0 Å². The van der Waals surface area contributed by atoms with Gasteiger partial charge < -0.3 is 15.1 Å². The minimum atomic E-state index is -0.135. The average Bonchev–Trinajstić information content (AvgIpc) is 2.63. The number of amides is 1. The van der Waals surface area contributed by atoms with Crippen LogP contribution in [0.5, 0.6) is 0 Å². The Morgan fingerprint density at radius 3 is 2.28 bits per heavy atom. The third-order valence-electron chi connectivity index (χ3n) is 4.74. The van der Waals surface area contributed by atoms with E-state index < -0.39 is 0 Å². The number of benzene rings is 2. The highest BCUT2D eigenvalue weighted by molar-refractivity contribution is 6.33. The molecular formula is C19H22Cl2N3O+. The molecule has 25 heavy (non-hydrogen) atoms. The lowest BCUT2D eigenvalue weighted by atomic mass is 10.2. The van der Waals surface area contributed by atoms with Crippen LogP contribution in [-0.2, 0) is 4.79 Å².